The van der Waals surface area contributed by atoms with Gasteiger partial charge in [-0.25, -0.2) is 4.98 Å². The Balaban J connectivity index is 2.08. The molecule has 1 unspecified atom stereocenters. The third-order valence-corrected chi connectivity index (χ3v) is 3.53. The van der Waals surface area contributed by atoms with Gasteiger partial charge >= 0.3 is 0 Å². The van der Waals surface area contributed by atoms with E-state index in [-0.39, 0.29) is 5.92 Å². The molecular weight excluding hydrogens is 271 g/mol. The predicted octanol–water partition coefficient (Wildman–Crippen LogP) is 3.56. The Bertz CT molecular complexity index is 526. The van der Waals surface area contributed by atoms with Crippen LogP contribution in [0.4, 0.5) is 0 Å². The molecule has 0 amide bonds. The molecule has 1 atom stereocenters. The summed E-state index contributed by atoms with van der Waals surface area (Å²) in [4.78, 5) is 15.1. The van der Waals surface area contributed by atoms with Gasteiger partial charge in [-0.05, 0) is 24.1 Å². The summed E-state index contributed by atoms with van der Waals surface area (Å²) in [5.74, 6) is -0.179. The molecule has 0 saturated carbocycles. The van der Waals surface area contributed by atoms with Gasteiger partial charge in [0.1, 0.15) is 6.29 Å². The van der Waals surface area contributed by atoms with Crippen LogP contribution in [-0.2, 0) is 11.3 Å². The van der Waals surface area contributed by atoms with Crippen LogP contribution in [0.25, 0.3) is 0 Å². The van der Waals surface area contributed by atoms with E-state index in [0.29, 0.717) is 16.5 Å². The molecule has 0 radical (unpaired) electrons. The lowest BCUT2D eigenvalue weighted by molar-refractivity contribution is -0.109. The van der Waals surface area contributed by atoms with Crippen molar-refractivity contribution in [3.63, 3.8) is 0 Å². The summed E-state index contributed by atoms with van der Waals surface area (Å²) in [7, 11) is 0. The Kier molecular flexibility index (Phi) is 4.39. The minimum absolute atomic E-state index is 0.179. The normalized spacial score (nSPS) is 12.3. The summed E-state index contributed by atoms with van der Waals surface area (Å²) in [6, 6.07) is 5.30. The van der Waals surface area contributed by atoms with Crippen molar-refractivity contribution in [2.24, 2.45) is 0 Å². The molecule has 1 heterocycles. The van der Waals surface area contributed by atoms with Crippen LogP contribution in [0.5, 0.6) is 0 Å². The SMILES string of the molecule is O=CC(CCn1ccnc1)c1ccc(Cl)c(Cl)c1. The van der Waals surface area contributed by atoms with Crippen LogP contribution in [0.2, 0.25) is 10.0 Å². The Hall–Kier alpha value is -1.32. The maximum Gasteiger partial charge on any atom is 0.127 e. The van der Waals surface area contributed by atoms with E-state index in [2.05, 4.69) is 4.98 Å². The molecule has 18 heavy (non-hydrogen) atoms. The lowest BCUT2D eigenvalue weighted by atomic mass is 9.97. The van der Waals surface area contributed by atoms with Crippen LogP contribution in [0, 0.1) is 0 Å². The number of carbonyl (C=O) groups excluding carboxylic acids is 1. The van der Waals surface area contributed by atoms with Crippen LogP contribution < -0.4 is 0 Å². The number of aryl methyl sites for hydroxylation is 1. The Labute approximate surface area is 115 Å². The number of aromatic nitrogens is 2. The number of benzene rings is 1. The highest BCUT2D eigenvalue weighted by Crippen LogP contribution is 2.27. The summed E-state index contributed by atoms with van der Waals surface area (Å²) in [6.07, 6.45) is 6.97. The Morgan fingerprint density at radius 2 is 2.17 bits per heavy atom. The first kappa shape index (κ1) is 13.1. The van der Waals surface area contributed by atoms with Crippen LogP contribution in [0.15, 0.2) is 36.9 Å². The van der Waals surface area contributed by atoms with Gasteiger partial charge in [-0.1, -0.05) is 29.3 Å². The topological polar surface area (TPSA) is 34.9 Å². The third kappa shape index (κ3) is 3.12. The van der Waals surface area contributed by atoms with Gasteiger partial charge in [-0.3, -0.25) is 0 Å². The number of halogens is 2. The molecule has 0 fully saturated rings. The number of rotatable bonds is 5. The van der Waals surface area contributed by atoms with E-state index in [1.54, 1.807) is 24.7 Å². The number of aldehydes is 1. The number of nitrogens with zero attached hydrogens (tertiary/aromatic N) is 2. The third-order valence-electron chi connectivity index (χ3n) is 2.79. The summed E-state index contributed by atoms with van der Waals surface area (Å²) in [5, 5.41) is 0.975. The Morgan fingerprint density at radius 1 is 1.33 bits per heavy atom. The zero-order chi connectivity index (χ0) is 13.0. The van der Waals surface area contributed by atoms with Crippen molar-refractivity contribution in [2.75, 3.05) is 0 Å². The molecule has 94 valence electrons. The van der Waals surface area contributed by atoms with E-state index in [9.17, 15) is 4.79 Å². The highest BCUT2D eigenvalue weighted by atomic mass is 35.5. The van der Waals surface area contributed by atoms with E-state index < -0.39 is 0 Å². The van der Waals surface area contributed by atoms with E-state index >= 15 is 0 Å². The first-order valence-corrected chi connectivity index (χ1v) is 6.32. The van der Waals surface area contributed by atoms with Crippen molar-refractivity contribution in [1.82, 2.24) is 9.55 Å². The van der Waals surface area contributed by atoms with Gasteiger partial charge in [0.25, 0.3) is 0 Å². The lowest BCUT2D eigenvalue weighted by Crippen LogP contribution is -2.05. The fourth-order valence-corrected chi connectivity index (χ4v) is 2.07. The molecule has 0 aliphatic carbocycles. The van der Waals surface area contributed by atoms with Crippen molar-refractivity contribution < 1.29 is 4.79 Å². The van der Waals surface area contributed by atoms with E-state index in [0.717, 1.165) is 18.4 Å². The second-order valence-electron chi connectivity index (χ2n) is 4.01. The van der Waals surface area contributed by atoms with Gasteiger partial charge in [0.15, 0.2) is 0 Å². The van der Waals surface area contributed by atoms with E-state index in [1.165, 1.54) is 0 Å². The summed E-state index contributed by atoms with van der Waals surface area (Å²) in [5.41, 5.74) is 0.888. The first-order chi connectivity index (χ1) is 8.70. The molecule has 0 spiro atoms. The molecule has 0 N–H and O–H groups in total. The summed E-state index contributed by atoms with van der Waals surface area (Å²) < 4.78 is 1.94. The summed E-state index contributed by atoms with van der Waals surface area (Å²) in [6.45, 7) is 0.740. The van der Waals surface area contributed by atoms with Crippen LogP contribution in [0.1, 0.15) is 17.9 Å². The second kappa shape index (κ2) is 6.03. The smallest absolute Gasteiger partial charge is 0.127 e. The summed E-state index contributed by atoms with van der Waals surface area (Å²) >= 11 is 11.8. The van der Waals surface area contributed by atoms with E-state index in [1.807, 2.05) is 16.8 Å². The molecule has 0 bridgehead atoms. The largest absolute Gasteiger partial charge is 0.337 e. The fraction of sp³-hybridized carbons (Fsp3) is 0.231. The number of hydrogen-bond donors (Lipinski definition) is 0. The minimum Gasteiger partial charge on any atom is -0.337 e. The maximum absolute atomic E-state index is 11.2. The second-order valence-corrected chi connectivity index (χ2v) is 4.82. The molecule has 2 rings (SSSR count). The molecule has 0 aliphatic rings. The van der Waals surface area contributed by atoms with Crippen molar-refractivity contribution in [3.8, 4) is 0 Å². The highest BCUT2D eigenvalue weighted by molar-refractivity contribution is 6.42. The quantitative estimate of drug-likeness (QED) is 0.786. The molecule has 5 heteroatoms. The average molecular weight is 283 g/mol. The average Bonchev–Trinajstić information content (AvgIpc) is 2.87. The number of hydrogen-bond acceptors (Lipinski definition) is 2. The minimum atomic E-state index is -0.179. The van der Waals surface area contributed by atoms with Gasteiger partial charge in [0.05, 0.1) is 16.4 Å². The molecule has 2 aromatic rings. The highest BCUT2D eigenvalue weighted by Gasteiger charge is 2.12. The van der Waals surface area contributed by atoms with Crippen LogP contribution in [0.3, 0.4) is 0 Å². The molecule has 1 aromatic carbocycles. The van der Waals surface area contributed by atoms with Crippen LogP contribution >= 0.6 is 23.2 Å². The van der Waals surface area contributed by atoms with Gasteiger partial charge in [0.2, 0.25) is 0 Å². The first-order valence-electron chi connectivity index (χ1n) is 5.56. The van der Waals surface area contributed by atoms with Crippen molar-refractivity contribution >= 4 is 29.5 Å². The predicted molar refractivity (Wildman–Crippen MR) is 72.1 cm³/mol. The van der Waals surface area contributed by atoms with Crippen molar-refractivity contribution in [3.05, 3.63) is 52.5 Å². The van der Waals surface area contributed by atoms with Crippen molar-refractivity contribution in [2.45, 2.75) is 18.9 Å². The lowest BCUT2D eigenvalue weighted by Gasteiger charge is -2.11. The van der Waals surface area contributed by atoms with Gasteiger partial charge in [-0.15, -0.1) is 0 Å². The van der Waals surface area contributed by atoms with Gasteiger partial charge in [-0.2, -0.15) is 0 Å². The zero-order valence-electron chi connectivity index (χ0n) is 9.59. The van der Waals surface area contributed by atoms with E-state index in [4.69, 9.17) is 23.2 Å². The standard InChI is InChI=1S/C13H12Cl2N2O/c14-12-2-1-10(7-13(12)15)11(8-18)3-5-17-6-4-16-9-17/h1-2,4,6-9,11H,3,5H2. The monoisotopic (exact) mass is 282 g/mol. The molecule has 0 saturated heterocycles. The Morgan fingerprint density at radius 3 is 2.78 bits per heavy atom. The molecule has 0 aliphatic heterocycles. The fourth-order valence-electron chi connectivity index (χ4n) is 1.76. The molecular formula is C13H12Cl2N2O. The maximum atomic E-state index is 11.2. The zero-order valence-corrected chi connectivity index (χ0v) is 11.1. The van der Waals surface area contributed by atoms with Gasteiger partial charge in [0, 0.05) is 24.9 Å². The molecule has 3 nitrogen and oxygen atoms in total. The van der Waals surface area contributed by atoms with Crippen LogP contribution in [-0.4, -0.2) is 15.8 Å². The number of imidazole rings is 1. The molecule has 1 aromatic heterocycles. The number of carbonyl (C=O) groups is 1. The van der Waals surface area contributed by atoms with Crippen molar-refractivity contribution in [1.29, 1.82) is 0 Å². The van der Waals surface area contributed by atoms with Gasteiger partial charge < -0.3 is 9.36 Å².